The van der Waals surface area contributed by atoms with Gasteiger partial charge in [0.15, 0.2) is 0 Å². The molecule has 2 unspecified atom stereocenters. The van der Waals surface area contributed by atoms with Crippen molar-refractivity contribution in [1.82, 2.24) is 10.2 Å². The molecule has 350 valence electrons. The van der Waals surface area contributed by atoms with E-state index >= 15 is 0 Å². The molecule has 0 saturated heterocycles. The number of hydrogen-bond donors (Lipinski definition) is 6. The SMILES string of the molecule is OCC1=CC([C@@H](O)CN(CCCCCCOCCOCc2c(Cl)cccc2Cl)Cc2cc(C(O)CNCCCCCCOCCOCc3c(Cl)cccc3Cl)ccc2O)=CCC1O. The monoisotopic (exact) mass is 954 g/mol. The minimum Gasteiger partial charge on any atom is -0.508 e. The first-order chi connectivity index (χ1) is 30.6. The summed E-state index contributed by atoms with van der Waals surface area (Å²) in [7, 11) is 0. The molecule has 0 heterocycles. The van der Waals surface area contributed by atoms with Crippen LogP contribution in [0.5, 0.6) is 5.75 Å². The van der Waals surface area contributed by atoms with E-state index in [1.165, 1.54) is 0 Å². The summed E-state index contributed by atoms with van der Waals surface area (Å²) in [5, 5.41) is 58.9. The lowest BCUT2D eigenvalue weighted by atomic mass is 9.94. The zero-order chi connectivity index (χ0) is 45.2. The van der Waals surface area contributed by atoms with E-state index in [0.717, 1.165) is 69.0 Å². The summed E-state index contributed by atoms with van der Waals surface area (Å²) in [4.78, 5) is 2.10. The Morgan fingerprint density at radius 1 is 0.683 bits per heavy atom. The molecule has 0 aromatic heterocycles. The van der Waals surface area contributed by atoms with Crippen molar-refractivity contribution < 1.29 is 44.5 Å². The van der Waals surface area contributed by atoms with Crippen LogP contribution in [0.2, 0.25) is 20.1 Å². The fourth-order valence-corrected chi connectivity index (χ4v) is 8.12. The van der Waals surface area contributed by atoms with Gasteiger partial charge in [-0.1, -0.05) is 102 Å². The van der Waals surface area contributed by atoms with Gasteiger partial charge in [-0.05, 0) is 98.3 Å². The van der Waals surface area contributed by atoms with Crippen molar-refractivity contribution in [3.63, 3.8) is 0 Å². The molecule has 0 bridgehead atoms. The number of benzene rings is 3. The van der Waals surface area contributed by atoms with Gasteiger partial charge in [0.05, 0.1) is 64.6 Å². The number of phenols is 1. The lowest BCUT2D eigenvalue weighted by Gasteiger charge is -2.28. The van der Waals surface area contributed by atoms with Crippen molar-refractivity contribution in [2.45, 2.75) is 95.9 Å². The first-order valence-electron chi connectivity index (χ1n) is 22.0. The van der Waals surface area contributed by atoms with Gasteiger partial charge in [-0.2, -0.15) is 0 Å². The van der Waals surface area contributed by atoms with E-state index in [-0.39, 0.29) is 18.9 Å². The fraction of sp³-hybridized carbons (Fsp3) is 0.542. The number of halogens is 4. The number of phenolic OH excluding ortho intramolecular Hbond substituents is 1. The van der Waals surface area contributed by atoms with Gasteiger partial charge >= 0.3 is 0 Å². The van der Waals surface area contributed by atoms with Gasteiger partial charge in [-0.25, -0.2) is 0 Å². The Kier molecular flexibility index (Phi) is 26.1. The van der Waals surface area contributed by atoms with Crippen molar-refractivity contribution in [3.8, 4) is 5.75 Å². The molecule has 15 heteroatoms. The Bertz CT molecular complexity index is 1790. The maximum absolute atomic E-state index is 11.3. The van der Waals surface area contributed by atoms with Crippen molar-refractivity contribution in [2.75, 3.05) is 72.4 Å². The predicted molar refractivity (Wildman–Crippen MR) is 252 cm³/mol. The van der Waals surface area contributed by atoms with Crippen LogP contribution >= 0.6 is 46.4 Å². The highest BCUT2D eigenvalue weighted by molar-refractivity contribution is 6.36. The van der Waals surface area contributed by atoms with E-state index in [1.54, 1.807) is 60.7 Å². The first kappa shape index (κ1) is 53.3. The molecule has 3 aromatic rings. The van der Waals surface area contributed by atoms with Crippen LogP contribution in [0.4, 0.5) is 0 Å². The number of aromatic hydroxyl groups is 1. The molecule has 3 aromatic carbocycles. The van der Waals surface area contributed by atoms with Gasteiger partial charge in [0, 0.05) is 69.6 Å². The van der Waals surface area contributed by atoms with Gasteiger partial charge in [0.2, 0.25) is 0 Å². The maximum Gasteiger partial charge on any atom is 0.120 e. The van der Waals surface area contributed by atoms with Gasteiger partial charge < -0.3 is 49.8 Å². The third-order valence-electron chi connectivity index (χ3n) is 10.8. The van der Waals surface area contributed by atoms with Gasteiger partial charge in [0.25, 0.3) is 0 Å². The zero-order valence-electron chi connectivity index (χ0n) is 36.2. The van der Waals surface area contributed by atoms with Crippen LogP contribution in [0.3, 0.4) is 0 Å². The molecule has 0 amide bonds. The first-order valence-corrected chi connectivity index (χ1v) is 23.6. The Morgan fingerprint density at radius 2 is 1.24 bits per heavy atom. The number of ether oxygens (including phenoxy) is 4. The van der Waals surface area contributed by atoms with Gasteiger partial charge in [-0.15, -0.1) is 0 Å². The zero-order valence-corrected chi connectivity index (χ0v) is 39.2. The van der Waals surface area contributed by atoms with Gasteiger partial charge in [-0.3, -0.25) is 4.90 Å². The summed E-state index contributed by atoms with van der Waals surface area (Å²) >= 11 is 24.8. The van der Waals surface area contributed by atoms with Crippen LogP contribution in [0.25, 0.3) is 0 Å². The highest BCUT2D eigenvalue weighted by atomic mass is 35.5. The average Bonchev–Trinajstić information content (AvgIpc) is 3.26. The third-order valence-corrected chi connectivity index (χ3v) is 12.3. The Morgan fingerprint density at radius 3 is 1.83 bits per heavy atom. The number of nitrogens with zero attached hydrogens (tertiary/aromatic N) is 1. The summed E-state index contributed by atoms with van der Waals surface area (Å²) < 4.78 is 22.8. The normalized spacial score (nSPS) is 15.2. The molecule has 1 aliphatic rings. The van der Waals surface area contributed by atoms with E-state index in [4.69, 9.17) is 65.4 Å². The van der Waals surface area contributed by atoms with Crippen LogP contribution in [0.15, 0.2) is 77.9 Å². The van der Waals surface area contributed by atoms with Crippen molar-refractivity contribution in [1.29, 1.82) is 0 Å². The number of aliphatic hydroxyl groups is 4. The highest BCUT2D eigenvalue weighted by Crippen LogP contribution is 2.28. The molecule has 0 fully saturated rings. The molecule has 1 aliphatic carbocycles. The van der Waals surface area contributed by atoms with E-state index in [9.17, 15) is 25.5 Å². The molecule has 6 N–H and O–H groups in total. The fourth-order valence-electron chi connectivity index (χ4n) is 7.10. The average molecular weight is 957 g/mol. The minimum absolute atomic E-state index is 0.121. The number of aliphatic hydroxyl groups excluding tert-OH is 4. The second-order valence-corrected chi connectivity index (χ2v) is 17.4. The smallest absolute Gasteiger partial charge is 0.120 e. The Labute approximate surface area is 393 Å². The topological polar surface area (TPSA) is 153 Å². The number of rotatable bonds is 33. The molecule has 11 nitrogen and oxygen atoms in total. The molecule has 0 saturated carbocycles. The molecule has 0 aliphatic heterocycles. The lowest BCUT2D eigenvalue weighted by molar-refractivity contribution is 0.0392. The second-order valence-electron chi connectivity index (χ2n) is 15.8. The number of unbranched alkanes of at least 4 members (excludes halogenated alkanes) is 6. The minimum atomic E-state index is -0.859. The quantitative estimate of drug-likeness (QED) is 0.0325. The highest BCUT2D eigenvalue weighted by Gasteiger charge is 2.22. The van der Waals surface area contributed by atoms with E-state index in [0.29, 0.717) is 121 Å². The lowest BCUT2D eigenvalue weighted by Crippen LogP contribution is -2.34. The van der Waals surface area contributed by atoms with Crippen molar-refractivity contribution >= 4 is 46.4 Å². The molecular formula is C48H66Cl4N2O9. The van der Waals surface area contributed by atoms with Crippen LogP contribution in [-0.4, -0.2) is 115 Å². The molecular weight excluding hydrogens is 890 g/mol. The Balaban J connectivity index is 1.14. The molecule has 0 radical (unpaired) electrons. The van der Waals surface area contributed by atoms with Crippen LogP contribution < -0.4 is 5.32 Å². The number of hydrogen-bond acceptors (Lipinski definition) is 11. The van der Waals surface area contributed by atoms with Crippen LogP contribution in [0.1, 0.15) is 86.1 Å². The van der Waals surface area contributed by atoms with Crippen LogP contribution in [0, 0.1) is 0 Å². The predicted octanol–water partition coefficient (Wildman–Crippen LogP) is 8.99. The third kappa shape index (κ3) is 20.0. The standard InChI is InChI=1S/C48H66Cl4N2O9/c49-41-11-9-12-42(50)39(41)33-62-25-23-60-21-7-3-1-5-19-53-29-47(58)35-15-17-45(56)37(27-35)30-54(31-48(59)36-16-18-46(57)38(28-36)32-55)20-6-2-4-8-22-61-24-26-63-34-40-43(51)13-10-14-44(40)52/h9-17,27-28,46-48,53,55-59H,1-8,18-26,29-34H2/t46?,47?,48-/m0/s1. The summed E-state index contributed by atoms with van der Waals surface area (Å²) in [5.74, 6) is 0.121. The molecule has 63 heavy (non-hydrogen) atoms. The summed E-state index contributed by atoms with van der Waals surface area (Å²) in [6.07, 6.45) is 9.10. The summed E-state index contributed by atoms with van der Waals surface area (Å²) in [5.41, 5.74) is 4.04. The number of nitrogens with one attached hydrogen (secondary N) is 1. The van der Waals surface area contributed by atoms with Crippen LogP contribution in [-0.2, 0) is 38.7 Å². The summed E-state index contributed by atoms with van der Waals surface area (Å²) in [6, 6.07) is 16.0. The second kappa shape index (κ2) is 30.8. The van der Waals surface area contributed by atoms with Gasteiger partial charge in [0.1, 0.15) is 5.75 Å². The van der Waals surface area contributed by atoms with E-state index < -0.39 is 18.3 Å². The maximum atomic E-state index is 11.3. The van der Waals surface area contributed by atoms with Crippen molar-refractivity contribution in [3.05, 3.63) is 120 Å². The molecule has 4 rings (SSSR count). The molecule has 3 atom stereocenters. The van der Waals surface area contributed by atoms with E-state index in [2.05, 4.69) is 10.2 Å². The summed E-state index contributed by atoms with van der Waals surface area (Å²) in [6.45, 7) is 6.02. The molecule has 0 spiro atoms. The van der Waals surface area contributed by atoms with Crippen molar-refractivity contribution in [2.24, 2.45) is 0 Å². The largest absolute Gasteiger partial charge is 0.508 e. The Hall–Kier alpha value is -2.30. The van der Waals surface area contributed by atoms with E-state index in [1.807, 2.05) is 6.07 Å².